The number of hydrogen-bond acceptors (Lipinski definition) is 2. The number of aromatic nitrogens is 1. The van der Waals surface area contributed by atoms with Gasteiger partial charge in [-0.05, 0) is 29.7 Å². The number of nitrogens with zero attached hydrogens (tertiary/aromatic N) is 3. The van der Waals surface area contributed by atoms with Crippen LogP contribution in [-0.4, -0.2) is 16.0 Å². The lowest BCUT2D eigenvalue weighted by atomic mass is 9.98. The molecule has 3 nitrogen and oxygen atoms in total. The minimum atomic E-state index is -0.159. The first-order valence-corrected chi connectivity index (χ1v) is 6.61. The Bertz CT molecular complexity index is 621. The third kappa shape index (κ3) is 2.16. The van der Waals surface area contributed by atoms with Gasteiger partial charge < -0.3 is 4.57 Å². The minimum absolute atomic E-state index is 0.159. The first-order chi connectivity index (χ1) is 9.29. The van der Waals surface area contributed by atoms with Crippen molar-refractivity contribution in [1.82, 2.24) is 9.47 Å². The Kier molecular flexibility index (Phi) is 3.10. The summed E-state index contributed by atoms with van der Waals surface area (Å²) in [4.78, 5) is 2.26. The van der Waals surface area contributed by atoms with Crippen molar-refractivity contribution >= 4 is 0 Å². The smallest absolute Gasteiger partial charge is 0.139 e. The second-order valence-corrected chi connectivity index (χ2v) is 5.06. The van der Waals surface area contributed by atoms with Crippen LogP contribution in [0.5, 0.6) is 0 Å². The zero-order valence-electron chi connectivity index (χ0n) is 11.1. The first-order valence-electron chi connectivity index (χ1n) is 6.61. The molecule has 0 saturated heterocycles. The van der Waals surface area contributed by atoms with Gasteiger partial charge in [0.25, 0.3) is 0 Å². The van der Waals surface area contributed by atoms with Crippen LogP contribution in [0.15, 0.2) is 42.6 Å². The molecule has 0 bridgehead atoms. The molecule has 19 heavy (non-hydrogen) atoms. The fraction of sp³-hybridized carbons (Fsp3) is 0.312. The van der Waals surface area contributed by atoms with Gasteiger partial charge in [-0.1, -0.05) is 24.3 Å². The van der Waals surface area contributed by atoms with Gasteiger partial charge in [-0.3, -0.25) is 4.90 Å². The number of benzene rings is 1. The molecule has 3 heteroatoms. The van der Waals surface area contributed by atoms with Gasteiger partial charge in [-0.15, -0.1) is 0 Å². The van der Waals surface area contributed by atoms with Gasteiger partial charge >= 0.3 is 0 Å². The van der Waals surface area contributed by atoms with Crippen LogP contribution in [-0.2, 0) is 20.0 Å². The lowest BCUT2D eigenvalue weighted by molar-refractivity contribution is 0.211. The maximum atomic E-state index is 9.52. The highest BCUT2D eigenvalue weighted by Gasteiger charge is 2.25. The van der Waals surface area contributed by atoms with Crippen LogP contribution in [0.4, 0.5) is 0 Å². The molecule has 1 aliphatic heterocycles. The Morgan fingerprint density at radius 2 is 1.95 bits per heavy atom. The molecule has 0 spiro atoms. The second kappa shape index (κ2) is 4.91. The topological polar surface area (TPSA) is 32.0 Å². The van der Waals surface area contributed by atoms with Crippen LogP contribution in [0, 0.1) is 11.3 Å². The molecule has 0 amide bonds. The van der Waals surface area contributed by atoms with Gasteiger partial charge in [0, 0.05) is 32.0 Å². The van der Waals surface area contributed by atoms with E-state index in [1.54, 1.807) is 0 Å². The van der Waals surface area contributed by atoms with E-state index in [-0.39, 0.29) is 6.04 Å². The van der Waals surface area contributed by atoms with E-state index >= 15 is 0 Å². The highest BCUT2D eigenvalue weighted by molar-refractivity contribution is 5.30. The largest absolute Gasteiger partial charge is 0.352 e. The molecule has 1 atom stereocenters. The van der Waals surface area contributed by atoms with Gasteiger partial charge in [0.05, 0.1) is 6.07 Å². The predicted molar refractivity (Wildman–Crippen MR) is 74.3 cm³/mol. The van der Waals surface area contributed by atoms with Crippen molar-refractivity contribution in [3.63, 3.8) is 0 Å². The monoisotopic (exact) mass is 251 g/mol. The molecule has 0 saturated carbocycles. The van der Waals surface area contributed by atoms with E-state index in [4.69, 9.17) is 0 Å². The Hall–Kier alpha value is -2.05. The van der Waals surface area contributed by atoms with E-state index in [0.717, 1.165) is 25.2 Å². The van der Waals surface area contributed by atoms with Gasteiger partial charge in [-0.2, -0.15) is 5.26 Å². The van der Waals surface area contributed by atoms with Crippen molar-refractivity contribution in [2.45, 2.75) is 19.0 Å². The molecular weight excluding hydrogens is 234 g/mol. The minimum Gasteiger partial charge on any atom is -0.352 e. The Labute approximate surface area is 113 Å². The van der Waals surface area contributed by atoms with Crippen molar-refractivity contribution in [2.24, 2.45) is 7.05 Å². The standard InChI is InChI=1S/C16H17N3/c1-18-9-4-7-15(18)16(11-17)19-10-8-13-5-2-3-6-14(13)12-19/h2-7,9,16H,8,10,12H2,1H3/t16-/m1/s1. The quantitative estimate of drug-likeness (QED) is 0.822. The Morgan fingerprint density at radius 1 is 1.16 bits per heavy atom. The van der Waals surface area contributed by atoms with Gasteiger partial charge in [0.15, 0.2) is 0 Å². The fourth-order valence-electron chi connectivity index (χ4n) is 2.83. The molecule has 1 aliphatic rings. The maximum Gasteiger partial charge on any atom is 0.139 e. The summed E-state index contributed by atoms with van der Waals surface area (Å²) in [7, 11) is 2.00. The Morgan fingerprint density at radius 3 is 2.63 bits per heavy atom. The maximum absolute atomic E-state index is 9.52. The van der Waals surface area contributed by atoms with Crippen molar-refractivity contribution in [2.75, 3.05) is 6.54 Å². The zero-order valence-corrected chi connectivity index (χ0v) is 11.1. The van der Waals surface area contributed by atoms with Crippen LogP contribution in [0.25, 0.3) is 0 Å². The molecule has 0 aliphatic carbocycles. The molecule has 0 radical (unpaired) electrons. The van der Waals surface area contributed by atoms with Crippen LogP contribution in [0.3, 0.4) is 0 Å². The van der Waals surface area contributed by atoms with Crippen LogP contribution >= 0.6 is 0 Å². The van der Waals surface area contributed by atoms with E-state index in [2.05, 4.69) is 35.2 Å². The lowest BCUT2D eigenvalue weighted by Gasteiger charge is -2.32. The zero-order chi connectivity index (χ0) is 13.2. The molecule has 96 valence electrons. The molecule has 3 rings (SSSR count). The number of nitriles is 1. The summed E-state index contributed by atoms with van der Waals surface area (Å²) in [6.45, 7) is 1.81. The SMILES string of the molecule is Cn1cccc1[C@@H](C#N)N1CCc2ccccc2C1. The summed E-state index contributed by atoms with van der Waals surface area (Å²) < 4.78 is 2.04. The fourth-order valence-corrected chi connectivity index (χ4v) is 2.83. The van der Waals surface area contributed by atoms with Gasteiger partial charge in [0.2, 0.25) is 0 Å². The van der Waals surface area contributed by atoms with Gasteiger partial charge in [0.1, 0.15) is 6.04 Å². The van der Waals surface area contributed by atoms with Crippen molar-refractivity contribution in [1.29, 1.82) is 5.26 Å². The normalized spacial score (nSPS) is 16.6. The Balaban J connectivity index is 1.88. The summed E-state index contributed by atoms with van der Waals surface area (Å²) in [6.07, 6.45) is 3.02. The molecule has 2 heterocycles. The summed E-state index contributed by atoms with van der Waals surface area (Å²) in [5, 5.41) is 9.52. The third-order valence-electron chi connectivity index (χ3n) is 3.91. The van der Waals surface area contributed by atoms with E-state index in [1.807, 2.05) is 29.9 Å². The van der Waals surface area contributed by atoms with Crippen LogP contribution in [0.2, 0.25) is 0 Å². The molecule has 1 aromatic carbocycles. The van der Waals surface area contributed by atoms with Crippen molar-refractivity contribution < 1.29 is 0 Å². The summed E-state index contributed by atoms with van der Waals surface area (Å²) in [5.41, 5.74) is 3.84. The average Bonchev–Trinajstić information content (AvgIpc) is 2.86. The highest BCUT2D eigenvalue weighted by Crippen LogP contribution is 2.27. The number of rotatable bonds is 2. The number of aryl methyl sites for hydroxylation is 1. The first kappa shape index (κ1) is 12.0. The average molecular weight is 251 g/mol. The second-order valence-electron chi connectivity index (χ2n) is 5.06. The molecule has 1 aromatic heterocycles. The summed E-state index contributed by atoms with van der Waals surface area (Å²) >= 11 is 0. The molecule has 0 unspecified atom stereocenters. The van der Waals surface area contributed by atoms with E-state index in [1.165, 1.54) is 11.1 Å². The summed E-state index contributed by atoms with van der Waals surface area (Å²) in [5.74, 6) is 0. The van der Waals surface area contributed by atoms with Crippen LogP contribution in [0.1, 0.15) is 22.9 Å². The third-order valence-corrected chi connectivity index (χ3v) is 3.91. The van der Waals surface area contributed by atoms with Crippen molar-refractivity contribution in [3.8, 4) is 6.07 Å². The number of fused-ring (bicyclic) bond motifs is 1. The van der Waals surface area contributed by atoms with E-state index < -0.39 is 0 Å². The predicted octanol–water partition coefficient (Wildman–Crippen LogP) is 2.65. The number of hydrogen-bond donors (Lipinski definition) is 0. The van der Waals surface area contributed by atoms with Crippen molar-refractivity contribution in [3.05, 3.63) is 59.4 Å². The van der Waals surface area contributed by atoms with E-state index in [0.29, 0.717) is 0 Å². The van der Waals surface area contributed by atoms with Crippen LogP contribution < -0.4 is 0 Å². The molecule has 0 fully saturated rings. The molecule has 2 aromatic rings. The summed E-state index contributed by atoms with van der Waals surface area (Å²) in [6, 6.07) is 14.9. The lowest BCUT2D eigenvalue weighted by Crippen LogP contribution is -2.34. The molecular formula is C16H17N3. The van der Waals surface area contributed by atoms with Gasteiger partial charge in [-0.25, -0.2) is 0 Å². The highest BCUT2D eigenvalue weighted by atomic mass is 15.2. The molecule has 0 N–H and O–H groups in total. The van der Waals surface area contributed by atoms with E-state index in [9.17, 15) is 5.26 Å².